The van der Waals surface area contributed by atoms with E-state index in [1.807, 2.05) is 43.0 Å². The van der Waals surface area contributed by atoms with Crippen molar-refractivity contribution in [1.82, 2.24) is 9.80 Å². The summed E-state index contributed by atoms with van der Waals surface area (Å²) in [6.45, 7) is 7.58. The Morgan fingerprint density at radius 3 is 2.14 bits per heavy atom. The zero-order valence-electron chi connectivity index (χ0n) is 17.3. The summed E-state index contributed by atoms with van der Waals surface area (Å²) in [5, 5.41) is 3.03. The van der Waals surface area contributed by atoms with E-state index in [4.69, 9.17) is 4.74 Å². The summed E-state index contributed by atoms with van der Waals surface area (Å²) in [5.41, 5.74) is 0.815. The van der Waals surface area contributed by atoms with Gasteiger partial charge in [0.05, 0.1) is 7.11 Å². The number of benzene rings is 1. The van der Waals surface area contributed by atoms with Gasteiger partial charge in [-0.25, -0.2) is 0 Å². The third-order valence-corrected chi connectivity index (χ3v) is 6.04. The number of hydrogen-bond acceptors (Lipinski definition) is 4. The molecular weight excluding hydrogens is 354 g/mol. The lowest BCUT2D eigenvalue weighted by molar-refractivity contribution is -0.136. The van der Waals surface area contributed by atoms with Crippen molar-refractivity contribution in [3.63, 3.8) is 0 Å². The Morgan fingerprint density at radius 1 is 1.00 bits per heavy atom. The molecule has 1 N–H and O–H groups in total. The second-order valence-corrected chi connectivity index (χ2v) is 8.24. The van der Waals surface area contributed by atoms with E-state index < -0.39 is 0 Å². The van der Waals surface area contributed by atoms with Gasteiger partial charge in [0.15, 0.2) is 0 Å². The first-order valence-corrected chi connectivity index (χ1v) is 10.5. The fourth-order valence-electron chi connectivity index (χ4n) is 4.26. The number of anilines is 1. The van der Waals surface area contributed by atoms with E-state index in [0.29, 0.717) is 6.04 Å². The number of carbonyl (C=O) groups is 2. The fourth-order valence-corrected chi connectivity index (χ4v) is 4.26. The SMILES string of the molecule is COc1ccc(NC(=O)C2CCN(C3CCN(C(=O)C(C)C)CC3)CC2)cc1. The molecule has 0 bridgehead atoms. The smallest absolute Gasteiger partial charge is 0.227 e. The average molecular weight is 388 g/mol. The van der Waals surface area contributed by atoms with Gasteiger partial charge in [0.2, 0.25) is 11.8 Å². The van der Waals surface area contributed by atoms with E-state index in [0.717, 1.165) is 63.3 Å². The van der Waals surface area contributed by atoms with Crippen molar-refractivity contribution in [1.29, 1.82) is 0 Å². The number of piperidine rings is 2. The van der Waals surface area contributed by atoms with Gasteiger partial charge in [-0.05, 0) is 63.0 Å². The molecule has 0 aliphatic carbocycles. The van der Waals surface area contributed by atoms with Gasteiger partial charge in [-0.2, -0.15) is 0 Å². The van der Waals surface area contributed by atoms with E-state index >= 15 is 0 Å². The fraction of sp³-hybridized carbons (Fsp3) is 0.636. The summed E-state index contributed by atoms with van der Waals surface area (Å²) in [7, 11) is 1.63. The molecule has 2 aliphatic heterocycles. The van der Waals surface area contributed by atoms with Crippen molar-refractivity contribution >= 4 is 17.5 Å². The number of nitrogens with one attached hydrogen (secondary N) is 1. The number of likely N-dealkylation sites (tertiary alicyclic amines) is 2. The molecule has 0 unspecified atom stereocenters. The second-order valence-electron chi connectivity index (χ2n) is 8.24. The highest BCUT2D eigenvalue weighted by molar-refractivity contribution is 5.92. The summed E-state index contributed by atoms with van der Waals surface area (Å²) >= 11 is 0. The molecule has 2 saturated heterocycles. The number of hydrogen-bond donors (Lipinski definition) is 1. The molecule has 6 nitrogen and oxygen atoms in total. The van der Waals surface area contributed by atoms with Gasteiger partial charge in [-0.3, -0.25) is 9.59 Å². The number of amides is 2. The van der Waals surface area contributed by atoms with E-state index in [1.54, 1.807) is 7.11 Å². The minimum atomic E-state index is 0.0703. The Kier molecular flexibility index (Phi) is 6.94. The predicted octanol–water partition coefficient (Wildman–Crippen LogP) is 2.99. The Bertz CT molecular complexity index is 658. The van der Waals surface area contributed by atoms with Crippen molar-refractivity contribution in [3.8, 4) is 5.75 Å². The summed E-state index contributed by atoms with van der Waals surface area (Å²) in [5.74, 6) is 1.32. The Balaban J connectivity index is 1.43. The molecule has 1 aromatic carbocycles. The highest BCUT2D eigenvalue weighted by Gasteiger charge is 2.32. The number of carbonyl (C=O) groups excluding carboxylic acids is 2. The maximum Gasteiger partial charge on any atom is 0.227 e. The maximum atomic E-state index is 12.6. The normalized spacial score (nSPS) is 19.6. The molecule has 2 fully saturated rings. The molecule has 0 saturated carbocycles. The number of methoxy groups -OCH3 is 1. The van der Waals surface area contributed by atoms with Crippen LogP contribution in [0.4, 0.5) is 5.69 Å². The molecule has 0 atom stereocenters. The van der Waals surface area contributed by atoms with Gasteiger partial charge in [-0.15, -0.1) is 0 Å². The number of ether oxygens (including phenoxy) is 1. The van der Waals surface area contributed by atoms with Crippen LogP contribution in [0.1, 0.15) is 39.5 Å². The topological polar surface area (TPSA) is 61.9 Å². The molecule has 2 aliphatic rings. The quantitative estimate of drug-likeness (QED) is 0.844. The van der Waals surface area contributed by atoms with E-state index in [9.17, 15) is 9.59 Å². The van der Waals surface area contributed by atoms with Crippen molar-refractivity contribution in [2.24, 2.45) is 11.8 Å². The standard InChI is InChI=1S/C22H33N3O3/c1-16(2)22(27)25-14-10-19(11-15-25)24-12-8-17(9-13-24)21(26)23-18-4-6-20(28-3)7-5-18/h4-7,16-17,19H,8-15H2,1-3H3,(H,23,26). The van der Waals surface area contributed by atoms with Crippen LogP contribution in [0.3, 0.4) is 0 Å². The highest BCUT2D eigenvalue weighted by Crippen LogP contribution is 2.26. The lowest BCUT2D eigenvalue weighted by atomic mass is 9.92. The van der Waals surface area contributed by atoms with Gasteiger partial charge in [-0.1, -0.05) is 13.8 Å². The lowest BCUT2D eigenvalue weighted by Crippen LogP contribution is -2.50. The monoisotopic (exact) mass is 387 g/mol. The number of nitrogens with zero attached hydrogens (tertiary/aromatic N) is 2. The van der Waals surface area contributed by atoms with Crippen LogP contribution < -0.4 is 10.1 Å². The van der Waals surface area contributed by atoms with Crippen molar-refractivity contribution < 1.29 is 14.3 Å². The highest BCUT2D eigenvalue weighted by atomic mass is 16.5. The van der Waals surface area contributed by atoms with E-state index in [1.165, 1.54) is 0 Å². The van der Waals surface area contributed by atoms with Gasteiger partial charge in [0, 0.05) is 36.7 Å². The molecule has 2 amide bonds. The first kappa shape index (κ1) is 20.6. The predicted molar refractivity (Wildman–Crippen MR) is 110 cm³/mol. The minimum absolute atomic E-state index is 0.0703. The van der Waals surface area contributed by atoms with Gasteiger partial charge in [0.25, 0.3) is 0 Å². The van der Waals surface area contributed by atoms with E-state index in [2.05, 4.69) is 10.2 Å². The van der Waals surface area contributed by atoms with Crippen LogP contribution in [0.15, 0.2) is 24.3 Å². The molecule has 0 radical (unpaired) electrons. The van der Waals surface area contributed by atoms with Crippen LogP contribution in [0.5, 0.6) is 5.75 Å². The van der Waals surface area contributed by atoms with Gasteiger partial charge in [0.1, 0.15) is 5.75 Å². The Labute approximate surface area is 168 Å². The third kappa shape index (κ3) is 5.04. The maximum absolute atomic E-state index is 12.6. The summed E-state index contributed by atoms with van der Waals surface area (Å²) in [6.07, 6.45) is 3.88. The van der Waals surface area contributed by atoms with Crippen molar-refractivity contribution in [3.05, 3.63) is 24.3 Å². The van der Waals surface area contributed by atoms with Crippen LogP contribution in [-0.2, 0) is 9.59 Å². The lowest BCUT2D eigenvalue weighted by Gasteiger charge is -2.41. The van der Waals surface area contributed by atoms with Gasteiger partial charge >= 0.3 is 0 Å². The third-order valence-electron chi connectivity index (χ3n) is 6.04. The van der Waals surface area contributed by atoms with Crippen LogP contribution in [0.2, 0.25) is 0 Å². The Morgan fingerprint density at radius 2 is 1.61 bits per heavy atom. The second kappa shape index (κ2) is 9.41. The minimum Gasteiger partial charge on any atom is -0.497 e. The average Bonchev–Trinajstić information content (AvgIpc) is 2.74. The molecule has 0 aromatic heterocycles. The largest absolute Gasteiger partial charge is 0.497 e. The molecular formula is C22H33N3O3. The summed E-state index contributed by atoms with van der Waals surface area (Å²) in [6, 6.07) is 8.00. The molecule has 1 aromatic rings. The zero-order valence-corrected chi connectivity index (χ0v) is 17.3. The van der Waals surface area contributed by atoms with Crippen molar-refractivity contribution in [2.45, 2.75) is 45.6 Å². The molecule has 154 valence electrons. The molecule has 6 heteroatoms. The molecule has 0 spiro atoms. The number of rotatable bonds is 5. The first-order chi connectivity index (χ1) is 13.5. The van der Waals surface area contributed by atoms with Crippen molar-refractivity contribution in [2.75, 3.05) is 38.6 Å². The van der Waals surface area contributed by atoms with Crippen LogP contribution in [-0.4, -0.2) is 60.9 Å². The molecule has 2 heterocycles. The van der Waals surface area contributed by atoms with Gasteiger partial charge < -0.3 is 19.9 Å². The van der Waals surface area contributed by atoms with Crippen LogP contribution in [0, 0.1) is 11.8 Å². The van der Waals surface area contributed by atoms with E-state index in [-0.39, 0.29) is 23.7 Å². The molecule has 28 heavy (non-hydrogen) atoms. The summed E-state index contributed by atoms with van der Waals surface area (Å²) < 4.78 is 5.15. The molecule has 3 rings (SSSR count). The summed E-state index contributed by atoms with van der Waals surface area (Å²) in [4.78, 5) is 29.3. The first-order valence-electron chi connectivity index (χ1n) is 10.5. The van der Waals surface area contributed by atoms with Crippen LogP contribution in [0.25, 0.3) is 0 Å². The van der Waals surface area contributed by atoms with Crippen LogP contribution >= 0.6 is 0 Å². The zero-order chi connectivity index (χ0) is 20.1. The Hall–Kier alpha value is -2.08.